The molecule has 0 heterocycles. The standard InChI is InChI=1S/C26H28O3/c1-19(2)24-9-4-5-10-25(24)22-8-6-7-21(17-22)18-29-23-14-11-20(12-15-23)13-16-26(27)28-3/h4-12,14-15,17,19H,13,16,18H2,1-3H3. The minimum absolute atomic E-state index is 0.191. The number of hydrogen-bond donors (Lipinski definition) is 0. The summed E-state index contributed by atoms with van der Waals surface area (Å²) in [4.78, 5) is 11.3. The molecule has 0 N–H and O–H groups in total. The number of carbonyl (C=O) groups excluding carboxylic acids is 1. The molecule has 3 heteroatoms. The quantitative estimate of drug-likeness (QED) is 0.433. The molecule has 0 atom stereocenters. The van der Waals surface area contributed by atoms with Gasteiger partial charge >= 0.3 is 5.97 Å². The summed E-state index contributed by atoms with van der Waals surface area (Å²) in [5.74, 6) is 1.10. The van der Waals surface area contributed by atoms with E-state index in [1.54, 1.807) is 0 Å². The summed E-state index contributed by atoms with van der Waals surface area (Å²) >= 11 is 0. The second-order valence-corrected chi connectivity index (χ2v) is 7.45. The predicted octanol–water partition coefficient (Wildman–Crippen LogP) is 6.16. The number of hydrogen-bond acceptors (Lipinski definition) is 3. The van der Waals surface area contributed by atoms with E-state index in [4.69, 9.17) is 4.74 Å². The van der Waals surface area contributed by atoms with Gasteiger partial charge in [-0.3, -0.25) is 4.79 Å². The van der Waals surface area contributed by atoms with Crippen LogP contribution in [0.3, 0.4) is 0 Å². The molecule has 0 saturated carbocycles. The van der Waals surface area contributed by atoms with Crippen molar-refractivity contribution in [2.75, 3.05) is 7.11 Å². The Morgan fingerprint density at radius 2 is 1.66 bits per heavy atom. The fourth-order valence-corrected chi connectivity index (χ4v) is 3.36. The van der Waals surface area contributed by atoms with Crippen LogP contribution in [0.4, 0.5) is 0 Å². The summed E-state index contributed by atoms with van der Waals surface area (Å²) in [5, 5.41) is 0. The van der Waals surface area contributed by atoms with Gasteiger partial charge in [-0.05, 0) is 58.4 Å². The van der Waals surface area contributed by atoms with E-state index in [2.05, 4.69) is 67.1 Å². The maximum absolute atomic E-state index is 11.3. The van der Waals surface area contributed by atoms with Gasteiger partial charge in [0.15, 0.2) is 0 Å². The molecule has 0 amide bonds. The van der Waals surface area contributed by atoms with Gasteiger partial charge in [0.25, 0.3) is 0 Å². The van der Waals surface area contributed by atoms with Gasteiger partial charge in [-0.1, -0.05) is 68.4 Å². The third-order valence-corrected chi connectivity index (χ3v) is 5.00. The van der Waals surface area contributed by atoms with E-state index in [0.717, 1.165) is 16.9 Å². The highest BCUT2D eigenvalue weighted by Crippen LogP contribution is 2.29. The van der Waals surface area contributed by atoms with E-state index in [0.29, 0.717) is 25.4 Å². The Balaban J connectivity index is 1.65. The van der Waals surface area contributed by atoms with Crippen molar-refractivity contribution in [2.24, 2.45) is 0 Å². The Hall–Kier alpha value is -3.07. The highest BCUT2D eigenvalue weighted by Gasteiger charge is 2.08. The monoisotopic (exact) mass is 388 g/mol. The topological polar surface area (TPSA) is 35.5 Å². The first-order chi connectivity index (χ1) is 14.1. The first kappa shape index (κ1) is 20.7. The van der Waals surface area contributed by atoms with E-state index in [-0.39, 0.29) is 5.97 Å². The van der Waals surface area contributed by atoms with Crippen molar-refractivity contribution in [1.29, 1.82) is 0 Å². The molecule has 0 bridgehead atoms. The van der Waals surface area contributed by atoms with Crippen LogP contribution in [0.1, 0.15) is 42.9 Å². The van der Waals surface area contributed by atoms with Gasteiger partial charge < -0.3 is 9.47 Å². The lowest BCUT2D eigenvalue weighted by atomic mass is 9.92. The lowest BCUT2D eigenvalue weighted by Crippen LogP contribution is -2.02. The number of ether oxygens (including phenoxy) is 2. The summed E-state index contributed by atoms with van der Waals surface area (Å²) in [7, 11) is 1.41. The minimum Gasteiger partial charge on any atom is -0.489 e. The van der Waals surface area contributed by atoms with Crippen LogP contribution < -0.4 is 4.74 Å². The van der Waals surface area contributed by atoms with Gasteiger partial charge in [0.2, 0.25) is 0 Å². The van der Waals surface area contributed by atoms with Crippen LogP contribution >= 0.6 is 0 Å². The number of benzene rings is 3. The van der Waals surface area contributed by atoms with E-state index in [1.807, 2.05) is 24.3 Å². The normalized spacial score (nSPS) is 10.8. The Labute approximate surface area is 173 Å². The van der Waals surface area contributed by atoms with Crippen molar-refractivity contribution in [2.45, 2.75) is 39.2 Å². The average molecular weight is 389 g/mol. The molecule has 3 nitrogen and oxygen atoms in total. The van der Waals surface area contributed by atoms with Crippen molar-refractivity contribution in [1.82, 2.24) is 0 Å². The summed E-state index contributed by atoms with van der Waals surface area (Å²) < 4.78 is 10.7. The lowest BCUT2D eigenvalue weighted by Gasteiger charge is -2.14. The summed E-state index contributed by atoms with van der Waals surface area (Å²) in [5.41, 5.74) is 6.08. The van der Waals surface area contributed by atoms with Crippen molar-refractivity contribution in [3.8, 4) is 16.9 Å². The van der Waals surface area contributed by atoms with Crippen LogP contribution in [0.5, 0.6) is 5.75 Å². The van der Waals surface area contributed by atoms with Gasteiger partial charge in [0.1, 0.15) is 12.4 Å². The van der Waals surface area contributed by atoms with E-state index in [1.165, 1.54) is 23.8 Å². The minimum atomic E-state index is -0.191. The Morgan fingerprint density at radius 3 is 2.38 bits per heavy atom. The molecule has 29 heavy (non-hydrogen) atoms. The van der Waals surface area contributed by atoms with E-state index in [9.17, 15) is 4.79 Å². The summed E-state index contributed by atoms with van der Waals surface area (Å²) in [6.07, 6.45) is 1.06. The number of esters is 1. The maximum Gasteiger partial charge on any atom is 0.305 e. The van der Waals surface area contributed by atoms with E-state index < -0.39 is 0 Å². The van der Waals surface area contributed by atoms with Crippen LogP contribution in [-0.4, -0.2) is 13.1 Å². The van der Waals surface area contributed by atoms with Crippen LogP contribution in [-0.2, 0) is 22.6 Å². The van der Waals surface area contributed by atoms with Crippen molar-refractivity contribution < 1.29 is 14.3 Å². The molecule has 0 aliphatic rings. The zero-order chi connectivity index (χ0) is 20.6. The van der Waals surface area contributed by atoms with Gasteiger partial charge in [0, 0.05) is 6.42 Å². The van der Waals surface area contributed by atoms with Crippen LogP contribution in [0.15, 0.2) is 72.8 Å². The molecule has 3 rings (SSSR count). The predicted molar refractivity (Wildman–Crippen MR) is 117 cm³/mol. The van der Waals surface area contributed by atoms with Crippen molar-refractivity contribution in [3.63, 3.8) is 0 Å². The molecule has 0 aliphatic carbocycles. The molecular formula is C26H28O3. The molecule has 0 fully saturated rings. The number of carbonyl (C=O) groups is 1. The van der Waals surface area contributed by atoms with Crippen LogP contribution in [0.25, 0.3) is 11.1 Å². The maximum atomic E-state index is 11.3. The summed E-state index contributed by atoms with van der Waals surface area (Å²) in [6.45, 7) is 4.96. The molecule has 3 aromatic rings. The zero-order valence-corrected chi connectivity index (χ0v) is 17.4. The molecule has 150 valence electrons. The molecule has 0 saturated heterocycles. The number of aryl methyl sites for hydroxylation is 1. The van der Waals surface area contributed by atoms with Gasteiger partial charge in [-0.2, -0.15) is 0 Å². The van der Waals surface area contributed by atoms with Crippen LogP contribution in [0.2, 0.25) is 0 Å². The molecule has 3 aromatic carbocycles. The highest BCUT2D eigenvalue weighted by molar-refractivity contribution is 5.69. The number of methoxy groups -OCH3 is 1. The fourth-order valence-electron chi connectivity index (χ4n) is 3.36. The zero-order valence-electron chi connectivity index (χ0n) is 17.4. The van der Waals surface area contributed by atoms with Gasteiger partial charge in [0.05, 0.1) is 7.11 Å². The second kappa shape index (κ2) is 9.92. The third-order valence-electron chi connectivity index (χ3n) is 5.00. The number of rotatable bonds is 8. The van der Waals surface area contributed by atoms with Gasteiger partial charge in [-0.25, -0.2) is 0 Å². The molecule has 0 unspecified atom stereocenters. The second-order valence-electron chi connectivity index (χ2n) is 7.45. The Morgan fingerprint density at radius 1 is 0.897 bits per heavy atom. The summed E-state index contributed by atoms with van der Waals surface area (Å²) in [6, 6.07) is 25.0. The van der Waals surface area contributed by atoms with Crippen LogP contribution in [0, 0.1) is 0 Å². The smallest absolute Gasteiger partial charge is 0.305 e. The molecular weight excluding hydrogens is 360 g/mol. The SMILES string of the molecule is COC(=O)CCc1ccc(OCc2cccc(-c3ccccc3C(C)C)c2)cc1. The molecule has 0 radical (unpaired) electrons. The lowest BCUT2D eigenvalue weighted by molar-refractivity contribution is -0.140. The first-order valence-electron chi connectivity index (χ1n) is 10.0. The van der Waals surface area contributed by atoms with Crippen molar-refractivity contribution >= 4 is 5.97 Å². The first-order valence-corrected chi connectivity index (χ1v) is 10.0. The largest absolute Gasteiger partial charge is 0.489 e. The fraction of sp³-hybridized carbons (Fsp3) is 0.269. The van der Waals surface area contributed by atoms with E-state index >= 15 is 0 Å². The van der Waals surface area contributed by atoms with Crippen molar-refractivity contribution in [3.05, 3.63) is 89.5 Å². The molecule has 0 spiro atoms. The Bertz CT molecular complexity index is 942. The Kier molecular flexibility index (Phi) is 7.07. The average Bonchev–Trinajstić information content (AvgIpc) is 2.77. The third kappa shape index (κ3) is 5.71. The van der Waals surface area contributed by atoms with Gasteiger partial charge in [-0.15, -0.1) is 0 Å². The molecule has 0 aromatic heterocycles. The highest BCUT2D eigenvalue weighted by atomic mass is 16.5. The molecule has 0 aliphatic heterocycles.